The Morgan fingerprint density at radius 3 is 2.38 bits per heavy atom. The van der Waals surface area contributed by atoms with Gasteiger partial charge in [0.1, 0.15) is 0 Å². The number of amides is 2. The molecule has 0 unspecified atom stereocenters. The summed E-state index contributed by atoms with van der Waals surface area (Å²) in [5.74, 6) is -0.229. The average Bonchev–Trinajstić information content (AvgIpc) is 2.73. The number of hydrogen-bond donors (Lipinski definition) is 0. The second kappa shape index (κ2) is 5.52. The number of thioether (sulfide) groups is 1. The van der Waals surface area contributed by atoms with Crippen LogP contribution in [-0.2, 0) is 4.79 Å². The van der Waals surface area contributed by atoms with Gasteiger partial charge in [0.2, 0.25) is 0 Å². The van der Waals surface area contributed by atoms with E-state index in [4.69, 9.17) is 0 Å². The van der Waals surface area contributed by atoms with Crippen LogP contribution in [0, 0.1) is 6.92 Å². The highest BCUT2D eigenvalue weighted by molar-refractivity contribution is 8.18. The van der Waals surface area contributed by atoms with Gasteiger partial charge >= 0.3 is 0 Å². The van der Waals surface area contributed by atoms with Gasteiger partial charge in [-0.05, 0) is 74.4 Å². The van der Waals surface area contributed by atoms with Gasteiger partial charge in [0.25, 0.3) is 11.1 Å². The summed E-state index contributed by atoms with van der Waals surface area (Å²) < 4.78 is 0. The Morgan fingerprint density at radius 1 is 1.12 bits per heavy atom. The number of rotatable bonds is 1. The first-order valence-electron chi connectivity index (χ1n) is 7.91. The number of carbonyl (C=O) groups excluding carboxylic acids is 2. The van der Waals surface area contributed by atoms with Crippen LogP contribution < -0.4 is 4.90 Å². The third-order valence-electron chi connectivity index (χ3n) is 4.88. The highest BCUT2D eigenvalue weighted by atomic mass is 32.2. The maximum absolute atomic E-state index is 12.1. The standard InChI is InChI=1S/C19H22N2O2S/c1-11-7-15-14(12(2)10-19(3,4)21(15)6)8-13(11)9-16-17(22)20(5)18(23)24-16/h7-10H,1-6H3/b16-9+. The lowest BCUT2D eigenvalue weighted by Crippen LogP contribution is -2.42. The maximum Gasteiger partial charge on any atom is 0.293 e. The van der Waals surface area contributed by atoms with E-state index in [1.165, 1.54) is 23.9 Å². The Morgan fingerprint density at radius 2 is 1.79 bits per heavy atom. The molecule has 2 aliphatic rings. The predicted octanol–water partition coefficient (Wildman–Crippen LogP) is 4.29. The fourth-order valence-electron chi connectivity index (χ4n) is 3.16. The quantitative estimate of drug-likeness (QED) is 0.714. The van der Waals surface area contributed by atoms with Crippen LogP contribution >= 0.6 is 11.8 Å². The van der Waals surface area contributed by atoms with Crippen LogP contribution in [-0.4, -0.2) is 35.7 Å². The van der Waals surface area contributed by atoms with Crippen LogP contribution in [0.2, 0.25) is 0 Å². The first kappa shape index (κ1) is 16.8. The lowest BCUT2D eigenvalue weighted by Gasteiger charge is -2.41. The van der Waals surface area contributed by atoms with E-state index in [9.17, 15) is 9.59 Å². The number of aryl methyl sites for hydroxylation is 1. The number of hydrogen-bond acceptors (Lipinski definition) is 4. The molecular formula is C19H22N2O2S. The van der Waals surface area contributed by atoms with Gasteiger partial charge in [0.05, 0.1) is 10.4 Å². The molecule has 1 aromatic carbocycles. The fourth-order valence-corrected chi connectivity index (χ4v) is 3.98. The number of nitrogens with zero attached hydrogens (tertiary/aromatic N) is 2. The molecule has 24 heavy (non-hydrogen) atoms. The Bertz CT molecular complexity index is 821. The number of benzene rings is 1. The normalized spacial score (nSPS) is 21.4. The van der Waals surface area contributed by atoms with Crippen LogP contribution in [0.1, 0.15) is 37.5 Å². The Balaban J connectivity index is 2.10. The van der Waals surface area contributed by atoms with Gasteiger partial charge in [-0.2, -0.15) is 0 Å². The monoisotopic (exact) mass is 342 g/mol. The van der Waals surface area contributed by atoms with Crippen LogP contribution in [0.25, 0.3) is 11.6 Å². The molecule has 0 atom stereocenters. The number of likely N-dealkylation sites (N-methyl/N-ethyl adjacent to an activating group) is 2. The molecule has 1 aromatic rings. The number of carbonyl (C=O) groups is 2. The Kier molecular flexibility index (Phi) is 3.87. The number of fused-ring (bicyclic) bond motifs is 1. The summed E-state index contributed by atoms with van der Waals surface area (Å²) in [6.45, 7) is 8.54. The van der Waals surface area contributed by atoms with Gasteiger partial charge in [0, 0.05) is 25.3 Å². The highest BCUT2D eigenvalue weighted by Gasteiger charge is 2.32. The third-order valence-corrected chi connectivity index (χ3v) is 5.84. The molecule has 0 saturated carbocycles. The first-order chi connectivity index (χ1) is 11.1. The van der Waals surface area contributed by atoms with Crippen molar-refractivity contribution in [3.05, 3.63) is 39.8 Å². The first-order valence-corrected chi connectivity index (χ1v) is 8.73. The topological polar surface area (TPSA) is 40.6 Å². The van der Waals surface area contributed by atoms with Crippen molar-refractivity contribution in [1.82, 2.24) is 4.90 Å². The minimum atomic E-state index is -0.229. The molecule has 0 N–H and O–H groups in total. The lowest BCUT2D eigenvalue weighted by atomic mass is 9.87. The van der Waals surface area contributed by atoms with Crippen LogP contribution in [0.15, 0.2) is 23.1 Å². The second-order valence-electron chi connectivity index (χ2n) is 7.01. The van der Waals surface area contributed by atoms with Crippen LogP contribution in [0.5, 0.6) is 0 Å². The zero-order chi connectivity index (χ0) is 17.8. The van der Waals surface area contributed by atoms with E-state index < -0.39 is 0 Å². The molecule has 4 nitrogen and oxygen atoms in total. The van der Waals surface area contributed by atoms with Crippen molar-refractivity contribution in [3.63, 3.8) is 0 Å². The van der Waals surface area contributed by atoms with Gasteiger partial charge in [-0.1, -0.05) is 6.08 Å². The smallest absolute Gasteiger partial charge is 0.293 e. The third kappa shape index (κ3) is 2.57. The molecule has 0 aliphatic carbocycles. The van der Waals surface area contributed by atoms with Crippen molar-refractivity contribution in [2.24, 2.45) is 0 Å². The summed E-state index contributed by atoms with van der Waals surface area (Å²) in [7, 11) is 3.62. The molecule has 5 heteroatoms. The molecular weight excluding hydrogens is 320 g/mol. The highest BCUT2D eigenvalue weighted by Crippen LogP contribution is 2.40. The summed E-state index contributed by atoms with van der Waals surface area (Å²) >= 11 is 0.997. The van der Waals surface area contributed by atoms with E-state index in [-0.39, 0.29) is 16.7 Å². The van der Waals surface area contributed by atoms with E-state index in [1.807, 2.05) is 13.0 Å². The molecule has 0 spiro atoms. The molecule has 2 aliphatic heterocycles. The van der Waals surface area contributed by atoms with Crippen molar-refractivity contribution in [1.29, 1.82) is 0 Å². The maximum atomic E-state index is 12.1. The Labute approximate surface area is 147 Å². The summed E-state index contributed by atoms with van der Waals surface area (Å²) in [4.78, 5) is 27.7. The van der Waals surface area contributed by atoms with E-state index in [0.29, 0.717) is 4.91 Å². The molecule has 1 saturated heterocycles. The summed E-state index contributed by atoms with van der Waals surface area (Å²) in [5, 5.41) is -0.223. The van der Waals surface area contributed by atoms with Crippen molar-refractivity contribution >= 4 is 40.2 Å². The average molecular weight is 342 g/mol. The van der Waals surface area contributed by atoms with Gasteiger partial charge in [-0.3, -0.25) is 14.5 Å². The van der Waals surface area contributed by atoms with Crippen molar-refractivity contribution in [2.45, 2.75) is 33.2 Å². The summed E-state index contributed by atoms with van der Waals surface area (Å²) in [6, 6.07) is 4.28. The minimum Gasteiger partial charge on any atom is -0.365 e. The molecule has 0 radical (unpaired) electrons. The number of anilines is 1. The molecule has 126 valence electrons. The molecule has 3 rings (SSSR count). The van der Waals surface area contributed by atoms with Crippen LogP contribution in [0.4, 0.5) is 10.5 Å². The Hall–Kier alpha value is -2.01. The summed E-state index contributed by atoms with van der Waals surface area (Å²) in [6.07, 6.45) is 4.09. The minimum absolute atomic E-state index is 0.0318. The van der Waals surface area contributed by atoms with Gasteiger partial charge in [0.15, 0.2) is 0 Å². The van der Waals surface area contributed by atoms with E-state index in [0.717, 1.165) is 27.8 Å². The van der Waals surface area contributed by atoms with E-state index in [2.05, 4.69) is 50.9 Å². The predicted molar refractivity (Wildman–Crippen MR) is 101 cm³/mol. The molecule has 0 bridgehead atoms. The molecule has 0 aromatic heterocycles. The molecule has 1 fully saturated rings. The number of allylic oxidation sites excluding steroid dienone is 1. The molecule has 2 heterocycles. The van der Waals surface area contributed by atoms with Gasteiger partial charge < -0.3 is 4.90 Å². The van der Waals surface area contributed by atoms with Crippen molar-refractivity contribution in [2.75, 3.05) is 19.0 Å². The lowest BCUT2D eigenvalue weighted by molar-refractivity contribution is -0.121. The van der Waals surface area contributed by atoms with E-state index in [1.54, 1.807) is 0 Å². The molecule has 2 amide bonds. The van der Waals surface area contributed by atoms with Crippen molar-refractivity contribution < 1.29 is 9.59 Å². The van der Waals surface area contributed by atoms with Gasteiger partial charge in [-0.25, -0.2) is 0 Å². The zero-order valence-corrected chi connectivity index (χ0v) is 15.7. The zero-order valence-electron chi connectivity index (χ0n) is 14.9. The van der Waals surface area contributed by atoms with Gasteiger partial charge in [-0.15, -0.1) is 0 Å². The number of imide groups is 1. The largest absolute Gasteiger partial charge is 0.365 e. The summed E-state index contributed by atoms with van der Waals surface area (Å²) in [5.41, 5.74) is 5.63. The second-order valence-corrected chi connectivity index (χ2v) is 8.00. The fraction of sp³-hybridized carbons (Fsp3) is 0.368. The van der Waals surface area contributed by atoms with Crippen LogP contribution in [0.3, 0.4) is 0 Å². The van der Waals surface area contributed by atoms with E-state index >= 15 is 0 Å². The van der Waals surface area contributed by atoms with Crippen molar-refractivity contribution in [3.8, 4) is 0 Å². The SMILES string of the molecule is CC1=CC(C)(C)N(C)c2cc(C)c(/C=C3/SC(=O)N(C)C3=O)cc21.